The second-order valence-electron chi connectivity index (χ2n) is 5.00. The van der Waals surface area contributed by atoms with Crippen LogP contribution in [0.3, 0.4) is 0 Å². The molecule has 0 radical (unpaired) electrons. The van der Waals surface area contributed by atoms with E-state index in [1.165, 1.54) is 0 Å². The lowest BCUT2D eigenvalue weighted by Crippen LogP contribution is -2.50. The highest BCUT2D eigenvalue weighted by atomic mass is 32.1. The largest absolute Gasteiger partial charge is 0.392 e. The number of carbonyl (C=O) groups excluding carboxylic acids is 1. The molecule has 1 aliphatic rings. The highest BCUT2D eigenvalue weighted by Gasteiger charge is 2.30. The fraction of sp³-hybridized carbons (Fsp3) is 0.500. The SMILES string of the molecule is Cc1ccc(C(=O)N2CCCCC2C(N)=S)c(C)n1. The van der Waals surface area contributed by atoms with Crippen molar-refractivity contribution >= 4 is 23.1 Å². The summed E-state index contributed by atoms with van der Waals surface area (Å²) in [6.45, 7) is 4.49. The van der Waals surface area contributed by atoms with Crippen LogP contribution < -0.4 is 5.73 Å². The van der Waals surface area contributed by atoms with Crippen LogP contribution in [0.4, 0.5) is 0 Å². The Balaban J connectivity index is 2.28. The molecule has 1 amide bonds. The molecule has 4 nitrogen and oxygen atoms in total. The lowest BCUT2D eigenvalue weighted by Gasteiger charge is -2.35. The van der Waals surface area contributed by atoms with Crippen molar-refractivity contribution in [2.45, 2.75) is 39.2 Å². The Labute approximate surface area is 119 Å². The van der Waals surface area contributed by atoms with Gasteiger partial charge in [0.05, 0.1) is 22.3 Å². The van der Waals surface area contributed by atoms with Crippen LogP contribution in [-0.4, -0.2) is 33.4 Å². The number of pyridine rings is 1. The Kier molecular flexibility index (Phi) is 4.14. The summed E-state index contributed by atoms with van der Waals surface area (Å²) >= 11 is 5.08. The summed E-state index contributed by atoms with van der Waals surface area (Å²) in [5.74, 6) is -0.0116. The number of hydrogen-bond donors (Lipinski definition) is 1. The number of rotatable bonds is 2. The Morgan fingerprint density at radius 2 is 2.16 bits per heavy atom. The van der Waals surface area contributed by atoms with Crippen molar-refractivity contribution in [3.8, 4) is 0 Å². The maximum absolute atomic E-state index is 12.6. The van der Waals surface area contributed by atoms with E-state index in [4.69, 9.17) is 18.0 Å². The van der Waals surface area contributed by atoms with Gasteiger partial charge in [-0.2, -0.15) is 0 Å². The fourth-order valence-corrected chi connectivity index (χ4v) is 2.78. The van der Waals surface area contributed by atoms with Crippen LogP contribution in [0, 0.1) is 13.8 Å². The van der Waals surface area contributed by atoms with Crippen molar-refractivity contribution in [2.75, 3.05) is 6.54 Å². The summed E-state index contributed by atoms with van der Waals surface area (Å²) in [6.07, 6.45) is 2.93. The zero-order valence-electron chi connectivity index (χ0n) is 11.3. The number of hydrogen-bond acceptors (Lipinski definition) is 3. The molecule has 1 fully saturated rings. The minimum absolute atomic E-state index is 0.0116. The molecule has 2 heterocycles. The van der Waals surface area contributed by atoms with Gasteiger partial charge in [0, 0.05) is 12.2 Å². The minimum atomic E-state index is -0.114. The maximum Gasteiger partial charge on any atom is 0.256 e. The van der Waals surface area contributed by atoms with Crippen LogP contribution in [0.25, 0.3) is 0 Å². The molecule has 1 aromatic rings. The first-order valence-corrected chi connectivity index (χ1v) is 6.96. The van der Waals surface area contributed by atoms with Crippen molar-refractivity contribution < 1.29 is 4.79 Å². The highest BCUT2D eigenvalue weighted by Crippen LogP contribution is 2.21. The van der Waals surface area contributed by atoms with Crippen LogP contribution in [0.2, 0.25) is 0 Å². The van der Waals surface area contributed by atoms with Crippen LogP contribution in [0.15, 0.2) is 12.1 Å². The third-order valence-corrected chi connectivity index (χ3v) is 3.82. The maximum atomic E-state index is 12.6. The van der Waals surface area contributed by atoms with Gasteiger partial charge in [-0.1, -0.05) is 12.2 Å². The lowest BCUT2D eigenvalue weighted by atomic mass is 10.0. The number of likely N-dealkylation sites (tertiary alicyclic amines) is 1. The van der Waals surface area contributed by atoms with Crippen molar-refractivity contribution in [3.63, 3.8) is 0 Å². The van der Waals surface area contributed by atoms with Gasteiger partial charge in [0.15, 0.2) is 0 Å². The molecule has 2 rings (SSSR count). The molecule has 2 N–H and O–H groups in total. The van der Waals surface area contributed by atoms with Gasteiger partial charge < -0.3 is 10.6 Å². The molecule has 102 valence electrons. The summed E-state index contributed by atoms with van der Waals surface area (Å²) in [5, 5.41) is 0. The molecule has 19 heavy (non-hydrogen) atoms. The fourth-order valence-electron chi connectivity index (χ4n) is 2.54. The lowest BCUT2D eigenvalue weighted by molar-refractivity contribution is 0.0680. The monoisotopic (exact) mass is 277 g/mol. The summed E-state index contributed by atoms with van der Waals surface area (Å²) in [6, 6.07) is 3.59. The Hall–Kier alpha value is -1.49. The van der Waals surface area contributed by atoms with E-state index in [0.29, 0.717) is 17.1 Å². The topological polar surface area (TPSA) is 59.2 Å². The molecule has 0 bridgehead atoms. The Morgan fingerprint density at radius 1 is 1.42 bits per heavy atom. The van der Waals surface area contributed by atoms with Gasteiger partial charge in [-0.15, -0.1) is 0 Å². The molecule has 1 aromatic heterocycles. The zero-order valence-corrected chi connectivity index (χ0v) is 12.2. The minimum Gasteiger partial charge on any atom is -0.392 e. The Morgan fingerprint density at radius 3 is 2.79 bits per heavy atom. The number of thiocarbonyl (C=S) groups is 1. The van der Waals surface area contributed by atoms with Crippen LogP contribution in [0.5, 0.6) is 0 Å². The molecule has 0 spiro atoms. The predicted octanol–water partition coefficient (Wildman–Crippen LogP) is 1.98. The van der Waals surface area contributed by atoms with Crippen molar-refractivity contribution in [3.05, 3.63) is 29.1 Å². The molecule has 5 heteroatoms. The third kappa shape index (κ3) is 2.92. The second-order valence-corrected chi connectivity index (χ2v) is 5.47. The molecular weight excluding hydrogens is 258 g/mol. The van der Waals surface area contributed by atoms with E-state index >= 15 is 0 Å². The predicted molar refractivity (Wildman–Crippen MR) is 79.2 cm³/mol. The first-order valence-electron chi connectivity index (χ1n) is 6.55. The third-order valence-electron chi connectivity index (χ3n) is 3.55. The molecule has 1 saturated heterocycles. The average Bonchev–Trinajstić information content (AvgIpc) is 2.38. The number of carbonyl (C=O) groups is 1. The first-order chi connectivity index (χ1) is 9.00. The quantitative estimate of drug-likeness (QED) is 0.840. The standard InChI is InChI=1S/C14H19N3OS/c1-9-6-7-11(10(2)16-9)14(18)17-8-4-3-5-12(17)13(15)19/h6-7,12H,3-5,8H2,1-2H3,(H2,15,19). The molecular formula is C14H19N3OS. The molecule has 1 aliphatic heterocycles. The van der Waals surface area contributed by atoms with Gasteiger partial charge >= 0.3 is 0 Å². The summed E-state index contributed by atoms with van der Waals surface area (Å²) in [7, 11) is 0. The highest BCUT2D eigenvalue weighted by molar-refractivity contribution is 7.80. The first kappa shape index (κ1) is 13.9. The van der Waals surface area contributed by atoms with Gasteiger partial charge in [0.1, 0.15) is 0 Å². The number of aryl methyl sites for hydroxylation is 2. The molecule has 1 unspecified atom stereocenters. The molecule has 0 aromatic carbocycles. The van der Waals surface area contributed by atoms with Crippen LogP contribution in [0.1, 0.15) is 41.0 Å². The van der Waals surface area contributed by atoms with E-state index in [0.717, 1.165) is 30.7 Å². The van der Waals surface area contributed by atoms with Crippen molar-refractivity contribution in [1.82, 2.24) is 9.88 Å². The van der Waals surface area contributed by atoms with Crippen LogP contribution in [-0.2, 0) is 0 Å². The van der Waals surface area contributed by atoms with Gasteiger partial charge in [0.2, 0.25) is 0 Å². The average molecular weight is 277 g/mol. The summed E-state index contributed by atoms with van der Waals surface area (Å²) in [5.41, 5.74) is 8.08. The smallest absolute Gasteiger partial charge is 0.256 e. The molecule has 0 saturated carbocycles. The van der Waals surface area contributed by atoms with Crippen molar-refractivity contribution in [2.24, 2.45) is 5.73 Å². The van der Waals surface area contributed by atoms with Crippen LogP contribution >= 0.6 is 12.2 Å². The van der Waals surface area contributed by atoms with E-state index in [1.54, 1.807) is 4.90 Å². The summed E-state index contributed by atoms with van der Waals surface area (Å²) in [4.78, 5) is 19.2. The normalized spacial score (nSPS) is 19.3. The number of nitrogens with zero attached hydrogens (tertiary/aromatic N) is 2. The van der Waals surface area contributed by atoms with Gasteiger partial charge in [-0.3, -0.25) is 9.78 Å². The van der Waals surface area contributed by atoms with Gasteiger partial charge in [0.25, 0.3) is 5.91 Å². The number of nitrogens with two attached hydrogens (primary N) is 1. The Bertz CT molecular complexity index is 515. The summed E-state index contributed by atoms with van der Waals surface area (Å²) < 4.78 is 0. The number of piperidine rings is 1. The van der Waals surface area contributed by atoms with E-state index in [9.17, 15) is 4.79 Å². The van der Waals surface area contributed by atoms with Gasteiger partial charge in [-0.25, -0.2) is 0 Å². The van der Waals surface area contributed by atoms with E-state index in [2.05, 4.69) is 4.98 Å². The van der Waals surface area contributed by atoms with Crippen molar-refractivity contribution in [1.29, 1.82) is 0 Å². The van der Waals surface area contributed by atoms with E-state index < -0.39 is 0 Å². The van der Waals surface area contributed by atoms with E-state index in [1.807, 2.05) is 26.0 Å². The zero-order chi connectivity index (χ0) is 14.0. The number of aromatic nitrogens is 1. The number of amides is 1. The van der Waals surface area contributed by atoms with E-state index in [-0.39, 0.29) is 11.9 Å². The van der Waals surface area contributed by atoms with Gasteiger partial charge in [-0.05, 0) is 45.2 Å². The second kappa shape index (κ2) is 5.65. The molecule has 1 atom stereocenters. The molecule has 0 aliphatic carbocycles.